The summed E-state index contributed by atoms with van der Waals surface area (Å²) in [6.07, 6.45) is 2.90. The van der Waals surface area contributed by atoms with Crippen molar-refractivity contribution in [2.24, 2.45) is 5.92 Å². The maximum Gasteiger partial charge on any atom is 0.166 e. The largest absolute Gasteiger partial charge is 0.370 e. The van der Waals surface area contributed by atoms with Crippen molar-refractivity contribution >= 4 is 11.4 Å². The van der Waals surface area contributed by atoms with Gasteiger partial charge in [-0.1, -0.05) is 44.2 Å². The van der Waals surface area contributed by atoms with Crippen molar-refractivity contribution in [1.29, 1.82) is 0 Å². The highest BCUT2D eigenvalue weighted by atomic mass is 16.5. The van der Waals surface area contributed by atoms with E-state index >= 15 is 0 Å². The van der Waals surface area contributed by atoms with Crippen molar-refractivity contribution < 1.29 is 9.53 Å². The number of benzene rings is 1. The van der Waals surface area contributed by atoms with Crippen molar-refractivity contribution in [3.05, 3.63) is 41.5 Å². The van der Waals surface area contributed by atoms with Gasteiger partial charge in [0.15, 0.2) is 5.78 Å². The highest BCUT2D eigenvalue weighted by Gasteiger charge is 2.38. The van der Waals surface area contributed by atoms with E-state index in [1.54, 1.807) is 0 Å². The molecule has 3 rings (SSSR count). The molecule has 1 aromatic carbocycles. The van der Waals surface area contributed by atoms with Crippen LogP contribution in [0.25, 0.3) is 5.57 Å². The van der Waals surface area contributed by atoms with Crippen molar-refractivity contribution in [3.63, 3.8) is 0 Å². The SMILES string of the molecule is CC(C)[C@@H]1CCC2=C(c3ccccc3)C(=O)C[C@@H]2O1. The highest BCUT2D eigenvalue weighted by Crippen LogP contribution is 2.40. The third-order valence-electron chi connectivity index (χ3n) is 4.20. The topological polar surface area (TPSA) is 26.3 Å². The predicted octanol–water partition coefficient (Wildman–Crippen LogP) is 3.62. The molecule has 1 aromatic rings. The Hall–Kier alpha value is -1.41. The summed E-state index contributed by atoms with van der Waals surface area (Å²) >= 11 is 0. The fraction of sp³-hybridized carbons (Fsp3) is 0.471. The summed E-state index contributed by atoms with van der Waals surface area (Å²) in [5.41, 5.74) is 3.21. The van der Waals surface area contributed by atoms with Gasteiger partial charge >= 0.3 is 0 Å². The first-order valence-electron chi connectivity index (χ1n) is 7.14. The minimum atomic E-state index is 0.0313. The van der Waals surface area contributed by atoms with E-state index in [0.29, 0.717) is 18.4 Å². The average molecular weight is 256 g/mol. The van der Waals surface area contributed by atoms with E-state index in [0.717, 1.165) is 24.0 Å². The second-order valence-corrected chi connectivity index (χ2v) is 5.84. The molecule has 19 heavy (non-hydrogen) atoms. The number of ketones is 1. The van der Waals surface area contributed by atoms with Gasteiger partial charge in [0, 0.05) is 12.0 Å². The fourth-order valence-corrected chi connectivity index (χ4v) is 3.17. The van der Waals surface area contributed by atoms with Gasteiger partial charge in [-0.2, -0.15) is 0 Å². The predicted molar refractivity (Wildman–Crippen MR) is 75.7 cm³/mol. The first-order chi connectivity index (χ1) is 9.16. The Morgan fingerprint density at radius 3 is 2.63 bits per heavy atom. The van der Waals surface area contributed by atoms with Crippen LogP contribution in [0.15, 0.2) is 35.9 Å². The number of carbonyl (C=O) groups is 1. The number of rotatable bonds is 2. The molecule has 0 radical (unpaired) electrons. The van der Waals surface area contributed by atoms with Crippen LogP contribution >= 0.6 is 0 Å². The third kappa shape index (κ3) is 2.25. The Labute approximate surface area is 114 Å². The van der Waals surface area contributed by atoms with Crippen molar-refractivity contribution in [2.45, 2.75) is 45.3 Å². The van der Waals surface area contributed by atoms with Gasteiger partial charge in [0.1, 0.15) is 0 Å². The van der Waals surface area contributed by atoms with Gasteiger partial charge in [-0.25, -0.2) is 0 Å². The van der Waals surface area contributed by atoms with Crippen molar-refractivity contribution in [1.82, 2.24) is 0 Å². The third-order valence-corrected chi connectivity index (χ3v) is 4.20. The van der Waals surface area contributed by atoms with Crippen LogP contribution in [0.4, 0.5) is 0 Å². The zero-order chi connectivity index (χ0) is 13.4. The molecule has 0 saturated carbocycles. The maximum atomic E-state index is 12.3. The van der Waals surface area contributed by atoms with E-state index in [-0.39, 0.29) is 11.9 Å². The molecular formula is C17H20O2. The molecular weight excluding hydrogens is 236 g/mol. The number of hydrogen-bond donors (Lipinski definition) is 0. The molecule has 0 aromatic heterocycles. The average Bonchev–Trinajstić information content (AvgIpc) is 2.74. The summed E-state index contributed by atoms with van der Waals surface area (Å²) in [4.78, 5) is 12.3. The lowest BCUT2D eigenvalue weighted by atomic mass is 9.91. The van der Waals surface area contributed by atoms with Gasteiger partial charge in [0.25, 0.3) is 0 Å². The quantitative estimate of drug-likeness (QED) is 0.808. The molecule has 2 atom stereocenters. The van der Waals surface area contributed by atoms with Crippen LogP contribution in [0.5, 0.6) is 0 Å². The summed E-state index contributed by atoms with van der Waals surface area (Å²) in [5.74, 6) is 0.771. The van der Waals surface area contributed by atoms with Crippen molar-refractivity contribution in [2.75, 3.05) is 0 Å². The Morgan fingerprint density at radius 1 is 1.21 bits per heavy atom. The van der Waals surface area contributed by atoms with E-state index in [1.165, 1.54) is 5.57 Å². The highest BCUT2D eigenvalue weighted by molar-refractivity contribution is 6.24. The van der Waals surface area contributed by atoms with Crippen LogP contribution in [0.3, 0.4) is 0 Å². The summed E-state index contributed by atoms with van der Waals surface area (Å²) < 4.78 is 6.12. The molecule has 1 heterocycles. The number of Topliss-reactive ketones (excluding diaryl/α,β-unsaturated/α-hetero) is 1. The zero-order valence-corrected chi connectivity index (χ0v) is 11.6. The Balaban J connectivity index is 1.93. The molecule has 1 aliphatic carbocycles. The second kappa shape index (κ2) is 4.93. The summed E-state index contributed by atoms with van der Waals surface area (Å²) in [5, 5.41) is 0. The monoisotopic (exact) mass is 256 g/mol. The normalized spacial score (nSPS) is 27.0. The van der Waals surface area contributed by atoms with Crippen LogP contribution in [0.2, 0.25) is 0 Å². The molecule has 100 valence electrons. The van der Waals surface area contributed by atoms with E-state index in [4.69, 9.17) is 4.74 Å². The lowest BCUT2D eigenvalue weighted by Crippen LogP contribution is -2.31. The Morgan fingerprint density at radius 2 is 1.95 bits per heavy atom. The molecule has 0 amide bonds. The summed E-state index contributed by atoms with van der Waals surface area (Å²) in [7, 11) is 0. The molecule has 2 nitrogen and oxygen atoms in total. The van der Waals surface area contributed by atoms with Crippen LogP contribution < -0.4 is 0 Å². The first-order valence-corrected chi connectivity index (χ1v) is 7.14. The van der Waals surface area contributed by atoms with Gasteiger partial charge in [-0.05, 0) is 29.9 Å². The van der Waals surface area contributed by atoms with E-state index in [9.17, 15) is 4.79 Å². The molecule has 1 saturated heterocycles. The van der Waals surface area contributed by atoms with Gasteiger partial charge in [-0.3, -0.25) is 4.79 Å². The molecule has 1 fully saturated rings. The van der Waals surface area contributed by atoms with E-state index < -0.39 is 0 Å². The number of hydrogen-bond acceptors (Lipinski definition) is 2. The number of allylic oxidation sites excluding steroid dienone is 1. The number of carbonyl (C=O) groups excluding carboxylic acids is 1. The summed E-state index contributed by atoms with van der Waals surface area (Å²) in [6.45, 7) is 4.38. The molecule has 0 spiro atoms. The summed E-state index contributed by atoms with van der Waals surface area (Å²) in [6, 6.07) is 10.0. The van der Waals surface area contributed by atoms with Crippen LogP contribution in [0, 0.1) is 5.92 Å². The lowest BCUT2D eigenvalue weighted by molar-refractivity contribution is -0.116. The van der Waals surface area contributed by atoms with Gasteiger partial charge in [0.2, 0.25) is 0 Å². The number of fused-ring (bicyclic) bond motifs is 1. The molecule has 2 heteroatoms. The van der Waals surface area contributed by atoms with Crippen LogP contribution in [-0.4, -0.2) is 18.0 Å². The maximum absolute atomic E-state index is 12.3. The minimum absolute atomic E-state index is 0.0313. The van der Waals surface area contributed by atoms with E-state index in [2.05, 4.69) is 13.8 Å². The molecule has 1 aliphatic heterocycles. The van der Waals surface area contributed by atoms with Gasteiger partial charge < -0.3 is 4.74 Å². The smallest absolute Gasteiger partial charge is 0.166 e. The lowest BCUT2D eigenvalue weighted by Gasteiger charge is -2.32. The van der Waals surface area contributed by atoms with Gasteiger partial charge in [-0.15, -0.1) is 0 Å². The van der Waals surface area contributed by atoms with Crippen molar-refractivity contribution in [3.8, 4) is 0 Å². The van der Waals surface area contributed by atoms with Crippen LogP contribution in [0.1, 0.15) is 38.7 Å². The first kappa shape index (κ1) is 12.6. The zero-order valence-electron chi connectivity index (χ0n) is 11.6. The minimum Gasteiger partial charge on any atom is -0.370 e. The number of ether oxygens (including phenoxy) is 1. The standard InChI is InChI=1S/C17H20O2/c1-11(2)15-9-8-13-16(19-15)10-14(18)17(13)12-6-4-3-5-7-12/h3-7,11,15-16H,8-10H2,1-2H3/t15-,16-/m0/s1. The fourth-order valence-electron chi connectivity index (χ4n) is 3.17. The van der Waals surface area contributed by atoms with E-state index in [1.807, 2.05) is 30.3 Å². The molecule has 2 aliphatic rings. The van der Waals surface area contributed by atoms with Gasteiger partial charge in [0.05, 0.1) is 12.2 Å². The molecule has 0 N–H and O–H groups in total. The van der Waals surface area contributed by atoms with Crippen LogP contribution in [-0.2, 0) is 9.53 Å². The Bertz CT molecular complexity index is 513. The molecule has 0 unspecified atom stereocenters. The second-order valence-electron chi connectivity index (χ2n) is 5.84. The molecule has 0 bridgehead atoms. The Kier molecular flexibility index (Phi) is 3.28.